The van der Waals surface area contributed by atoms with Crippen molar-refractivity contribution in [1.82, 2.24) is 21.2 Å². The van der Waals surface area contributed by atoms with Gasteiger partial charge >= 0.3 is 0 Å². The summed E-state index contributed by atoms with van der Waals surface area (Å²) in [6.07, 6.45) is 4.67. The first-order valence-corrected chi connectivity index (χ1v) is 8.26. The summed E-state index contributed by atoms with van der Waals surface area (Å²) >= 11 is 0. The van der Waals surface area contributed by atoms with Gasteiger partial charge in [0.2, 0.25) is 17.7 Å². The highest BCUT2D eigenvalue weighted by atomic mass is 16.5. The number of hydrogen-bond acceptors (Lipinski definition) is 5. The minimum Gasteiger partial charge on any atom is -0.357 e. The van der Waals surface area contributed by atoms with Crippen molar-refractivity contribution in [2.45, 2.75) is 57.9 Å². The maximum atomic E-state index is 12.8. The average molecular weight is 328 g/mol. The van der Waals surface area contributed by atoms with Gasteiger partial charge in [0.25, 0.3) is 0 Å². The highest BCUT2D eigenvalue weighted by Crippen LogP contribution is 2.20. The number of carbonyl (C=O) groups is 3. The summed E-state index contributed by atoms with van der Waals surface area (Å²) in [5.41, 5.74) is 4.55. The number of nitrogens with zero attached hydrogens (tertiary/aromatic N) is 1. The molecule has 0 aromatic heterocycles. The van der Waals surface area contributed by atoms with Crippen LogP contribution in [0.15, 0.2) is 0 Å². The molecule has 0 spiro atoms. The molecule has 0 aliphatic carbocycles. The Morgan fingerprint density at radius 3 is 2.70 bits per heavy atom. The molecule has 1 aliphatic heterocycles. The number of amides is 3. The van der Waals surface area contributed by atoms with Crippen molar-refractivity contribution in [2.24, 2.45) is 5.92 Å². The summed E-state index contributed by atoms with van der Waals surface area (Å²) < 4.78 is 0. The van der Waals surface area contributed by atoms with Crippen LogP contribution in [0.3, 0.4) is 0 Å². The van der Waals surface area contributed by atoms with E-state index in [9.17, 15) is 14.4 Å². The van der Waals surface area contributed by atoms with Crippen LogP contribution in [0.2, 0.25) is 0 Å². The zero-order chi connectivity index (χ0) is 17.2. The predicted molar refractivity (Wildman–Crippen MR) is 84.1 cm³/mol. The lowest BCUT2D eigenvalue weighted by Crippen LogP contribution is -2.59. The van der Waals surface area contributed by atoms with Crippen LogP contribution in [0, 0.1) is 5.92 Å². The molecule has 8 heteroatoms. The van der Waals surface area contributed by atoms with Crippen molar-refractivity contribution < 1.29 is 19.6 Å². The molecule has 0 bridgehead atoms. The van der Waals surface area contributed by atoms with Crippen LogP contribution in [0.25, 0.3) is 0 Å². The van der Waals surface area contributed by atoms with E-state index in [2.05, 4.69) is 17.7 Å². The van der Waals surface area contributed by atoms with E-state index in [-0.39, 0.29) is 18.2 Å². The molecule has 1 aliphatic rings. The van der Waals surface area contributed by atoms with Gasteiger partial charge in [-0.3, -0.25) is 24.6 Å². The van der Waals surface area contributed by atoms with E-state index in [4.69, 9.17) is 5.21 Å². The summed E-state index contributed by atoms with van der Waals surface area (Å²) in [6, 6.07) is -0.563. The van der Waals surface area contributed by atoms with Crippen LogP contribution in [0.5, 0.6) is 0 Å². The monoisotopic (exact) mass is 328 g/mol. The van der Waals surface area contributed by atoms with Gasteiger partial charge in [0.1, 0.15) is 6.04 Å². The van der Waals surface area contributed by atoms with Gasteiger partial charge in [-0.1, -0.05) is 26.2 Å². The van der Waals surface area contributed by atoms with E-state index >= 15 is 0 Å². The molecule has 0 aromatic rings. The van der Waals surface area contributed by atoms with Gasteiger partial charge < -0.3 is 5.32 Å². The molecule has 0 aromatic carbocycles. The van der Waals surface area contributed by atoms with Crippen LogP contribution in [0.4, 0.5) is 0 Å². The fourth-order valence-corrected chi connectivity index (χ4v) is 2.80. The molecule has 2 atom stereocenters. The molecule has 3 amide bonds. The molecule has 1 heterocycles. The van der Waals surface area contributed by atoms with Crippen LogP contribution in [-0.4, -0.2) is 47.6 Å². The van der Waals surface area contributed by atoms with Gasteiger partial charge in [0.05, 0.1) is 0 Å². The Morgan fingerprint density at radius 1 is 1.35 bits per heavy atom. The third-order valence-electron chi connectivity index (χ3n) is 4.10. The zero-order valence-electron chi connectivity index (χ0n) is 13.9. The number of hydrogen-bond donors (Lipinski definition) is 4. The van der Waals surface area contributed by atoms with Crippen molar-refractivity contribution in [3.63, 3.8) is 0 Å². The highest BCUT2D eigenvalue weighted by molar-refractivity contribution is 5.90. The average Bonchev–Trinajstić information content (AvgIpc) is 2.59. The highest BCUT2D eigenvalue weighted by Gasteiger charge is 2.35. The molecular weight excluding hydrogens is 300 g/mol. The molecule has 1 saturated heterocycles. The molecule has 23 heavy (non-hydrogen) atoms. The topological polar surface area (TPSA) is 111 Å². The summed E-state index contributed by atoms with van der Waals surface area (Å²) in [5, 5.41) is 12.7. The number of hydrazine groups is 1. The second-order valence-corrected chi connectivity index (χ2v) is 5.82. The van der Waals surface area contributed by atoms with Gasteiger partial charge in [0.15, 0.2) is 0 Å². The molecule has 1 fully saturated rings. The molecule has 4 N–H and O–H groups in total. The number of carbonyl (C=O) groups excluding carboxylic acids is 3. The first-order chi connectivity index (χ1) is 11.0. The molecule has 1 rings (SSSR count). The molecule has 132 valence electrons. The minimum absolute atomic E-state index is 0.0856. The Labute approximate surface area is 136 Å². The smallest absolute Gasteiger partial charge is 0.244 e. The Hall–Kier alpha value is -1.67. The Morgan fingerprint density at radius 2 is 2.09 bits per heavy atom. The van der Waals surface area contributed by atoms with Crippen molar-refractivity contribution in [1.29, 1.82) is 0 Å². The lowest BCUT2D eigenvalue weighted by Gasteiger charge is -2.37. The standard InChI is InChI=1S/C15H28N4O4/c1-3-4-5-7-11(10-13(20)18-23)15(22)19-12(14(21)16-2)8-6-9-17-19/h11-12,17,23H,3-10H2,1-2H3,(H,16,21)(H,18,20)/t11-,12+/m1/s1. The van der Waals surface area contributed by atoms with E-state index < -0.39 is 17.9 Å². The fourth-order valence-electron chi connectivity index (χ4n) is 2.80. The lowest BCUT2D eigenvalue weighted by molar-refractivity contribution is -0.151. The van der Waals surface area contributed by atoms with Crippen molar-refractivity contribution >= 4 is 17.7 Å². The van der Waals surface area contributed by atoms with Crippen LogP contribution >= 0.6 is 0 Å². The van der Waals surface area contributed by atoms with E-state index in [1.807, 2.05) is 0 Å². The van der Waals surface area contributed by atoms with Gasteiger partial charge in [-0.05, 0) is 19.3 Å². The van der Waals surface area contributed by atoms with Gasteiger partial charge in [-0.25, -0.2) is 10.9 Å². The predicted octanol–water partition coefficient (Wildman–Crippen LogP) is 0.320. The molecule has 8 nitrogen and oxygen atoms in total. The van der Waals surface area contributed by atoms with Gasteiger partial charge in [0, 0.05) is 25.9 Å². The molecule has 0 saturated carbocycles. The van der Waals surface area contributed by atoms with Crippen LogP contribution in [-0.2, 0) is 14.4 Å². The summed E-state index contributed by atoms with van der Waals surface area (Å²) in [7, 11) is 1.54. The van der Waals surface area contributed by atoms with Crippen molar-refractivity contribution in [3.8, 4) is 0 Å². The summed E-state index contributed by atoms with van der Waals surface area (Å²) in [5.74, 6) is -1.62. The van der Waals surface area contributed by atoms with Crippen LogP contribution in [0.1, 0.15) is 51.9 Å². The quantitative estimate of drug-likeness (QED) is 0.291. The third-order valence-corrected chi connectivity index (χ3v) is 4.10. The molecule has 0 unspecified atom stereocenters. The van der Waals surface area contributed by atoms with Crippen molar-refractivity contribution in [2.75, 3.05) is 13.6 Å². The van der Waals surface area contributed by atoms with Gasteiger partial charge in [-0.15, -0.1) is 0 Å². The normalized spacial score (nSPS) is 19.1. The zero-order valence-corrected chi connectivity index (χ0v) is 13.9. The second kappa shape index (κ2) is 10.2. The third kappa shape index (κ3) is 5.80. The summed E-state index contributed by atoms with van der Waals surface area (Å²) in [6.45, 7) is 2.68. The number of hydroxylamine groups is 1. The fraction of sp³-hybridized carbons (Fsp3) is 0.800. The number of rotatable bonds is 8. The van der Waals surface area contributed by atoms with Crippen LogP contribution < -0.4 is 16.2 Å². The molecule has 0 radical (unpaired) electrons. The lowest BCUT2D eigenvalue weighted by atomic mass is 9.95. The van der Waals surface area contributed by atoms with E-state index in [1.54, 1.807) is 5.48 Å². The summed E-state index contributed by atoms with van der Waals surface area (Å²) in [4.78, 5) is 36.3. The number of unbranched alkanes of at least 4 members (excludes halogenated alkanes) is 2. The SMILES string of the molecule is CCCCC[C@H](CC(=O)NO)C(=O)N1NCCC[C@H]1C(=O)NC. The first kappa shape index (κ1) is 19.4. The van der Waals surface area contributed by atoms with E-state index in [0.717, 1.165) is 25.7 Å². The maximum absolute atomic E-state index is 12.8. The number of likely N-dealkylation sites (N-methyl/N-ethyl adjacent to an activating group) is 1. The Balaban J connectivity index is 2.81. The maximum Gasteiger partial charge on any atom is 0.244 e. The van der Waals surface area contributed by atoms with E-state index in [1.165, 1.54) is 12.1 Å². The molecular formula is C15H28N4O4. The Bertz CT molecular complexity index is 416. The first-order valence-electron chi connectivity index (χ1n) is 8.26. The minimum atomic E-state index is -0.589. The second-order valence-electron chi connectivity index (χ2n) is 5.82. The Kier molecular flexibility index (Phi) is 8.57. The van der Waals surface area contributed by atoms with Crippen molar-refractivity contribution in [3.05, 3.63) is 0 Å². The van der Waals surface area contributed by atoms with E-state index in [0.29, 0.717) is 19.4 Å². The van der Waals surface area contributed by atoms with Gasteiger partial charge in [-0.2, -0.15) is 0 Å². The largest absolute Gasteiger partial charge is 0.357 e. The number of nitrogens with one attached hydrogen (secondary N) is 3.